The van der Waals surface area contributed by atoms with Gasteiger partial charge in [0, 0.05) is 27.7 Å². The Morgan fingerprint density at radius 3 is 3.07 bits per heavy atom. The second-order valence-electron chi connectivity index (χ2n) is 6.76. The Hall–Kier alpha value is -1.93. The number of thioether (sulfide) groups is 1. The number of anilines is 1. The molecule has 4 rings (SSSR count). The number of halogens is 2. The Bertz CT molecular complexity index is 938. The molecule has 0 saturated heterocycles. The lowest BCUT2D eigenvalue weighted by molar-refractivity contribution is 0.102. The van der Waals surface area contributed by atoms with Gasteiger partial charge in [0.2, 0.25) is 0 Å². The molecule has 0 spiro atoms. The summed E-state index contributed by atoms with van der Waals surface area (Å²) in [5, 5.41) is 3.31. The van der Waals surface area contributed by atoms with Gasteiger partial charge in [0.05, 0.1) is 5.54 Å². The van der Waals surface area contributed by atoms with Crippen LogP contribution in [0.15, 0.2) is 46.0 Å². The van der Waals surface area contributed by atoms with Crippen LogP contribution in [0.4, 0.5) is 10.1 Å². The Kier molecular flexibility index (Phi) is 4.94. The zero-order chi connectivity index (χ0) is 19.0. The summed E-state index contributed by atoms with van der Waals surface area (Å²) in [4.78, 5) is 21.3. The largest absolute Gasteiger partial charge is 0.379 e. The van der Waals surface area contributed by atoms with Crippen molar-refractivity contribution in [1.29, 1.82) is 0 Å². The van der Waals surface area contributed by atoms with Crippen molar-refractivity contribution in [2.45, 2.75) is 24.8 Å². The fourth-order valence-electron chi connectivity index (χ4n) is 3.94. The fourth-order valence-corrected chi connectivity index (χ4v) is 5.41. The van der Waals surface area contributed by atoms with E-state index in [9.17, 15) is 9.18 Å². The van der Waals surface area contributed by atoms with Crippen molar-refractivity contribution in [2.24, 2.45) is 16.6 Å². The SMILES string of the molecule is NC1=N[C@@]2(c3cc(NC(=O)c4ncccc4Br)ccc3F)CCC[C@H]2CS1. The molecule has 5 nitrogen and oxygen atoms in total. The normalized spacial score (nSPS) is 24.2. The number of nitrogens with one attached hydrogen (secondary N) is 1. The number of amides is 1. The van der Waals surface area contributed by atoms with Gasteiger partial charge in [-0.05, 0) is 65.0 Å². The van der Waals surface area contributed by atoms with Crippen molar-refractivity contribution in [1.82, 2.24) is 4.98 Å². The molecule has 1 aromatic heterocycles. The first-order valence-corrected chi connectivity index (χ1v) is 10.5. The van der Waals surface area contributed by atoms with Crippen molar-refractivity contribution in [3.8, 4) is 0 Å². The van der Waals surface area contributed by atoms with E-state index in [1.54, 1.807) is 30.5 Å². The molecule has 0 unspecified atom stereocenters. The van der Waals surface area contributed by atoms with Crippen molar-refractivity contribution in [3.63, 3.8) is 0 Å². The van der Waals surface area contributed by atoms with Gasteiger partial charge in [-0.3, -0.25) is 9.79 Å². The number of amidine groups is 1. The van der Waals surface area contributed by atoms with Crippen LogP contribution >= 0.6 is 27.7 Å². The second-order valence-corrected chi connectivity index (χ2v) is 8.65. The lowest BCUT2D eigenvalue weighted by Gasteiger charge is -2.36. The van der Waals surface area contributed by atoms with E-state index in [-0.39, 0.29) is 23.3 Å². The first-order chi connectivity index (χ1) is 13.0. The maximum Gasteiger partial charge on any atom is 0.275 e. The predicted molar refractivity (Wildman–Crippen MR) is 109 cm³/mol. The van der Waals surface area contributed by atoms with Crippen LogP contribution in [0.2, 0.25) is 0 Å². The number of aliphatic imine (C=N–C) groups is 1. The van der Waals surface area contributed by atoms with Gasteiger partial charge < -0.3 is 11.1 Å². The van der Waals surface area contributed by atoms with Crippen LogP contribution in [-0.2, 0) is 5.54 Å². The van der Waals surface area contributed by atoms with Gasteiger partial charge >= 0.3 is 0 Å². The molecule has 140 valence electrons. The number of benzene rings is 1. The standard InChI is InChI=1S/C19H18BrFN4OS/c20-14-4-2-8-23-16(14)17(26)24-12-5-6-15(21)13(9-12)19-7-1-3-11(19)10-27-18(22)25-19/h2,4-6,8-9,11H,1,3,7,10H2,(H2,22,25)(H,24,26)/t11-,19-/m0/s1. The van der Waals surface area contributed by atoms with Crippen molar-refractivity contribution < 1.29 is 9.18 Å². The molecule has 1 fully saturated rings. The predicted octanol–water partition coefficient (Wildman–Crippen LogP) is 4.29. The molecular weight excluding hydrogens is 431 g/mol. The molecule has 2 aliphatic rings. The highest BCUT2D eigenvalue weighted by molar-refractivity contribution is 9.10. The third-order valence-corrected chi connectivity index (χ3v) is 6.79. The summed E-state index contributed by atoms with van der Waals surface area (Å²) in [5.74, 6) is 0.414. The van der Waals surface area contributed by atoms with Crippen LogP contribution in [0.1, 0.15) is 35.3 Å². The zero-order valence-corrected chi connectivity index (χ0v) is 16.8. The van der Waals surface area contributed by atoms with E-state index < -0.39 is 5.54 Å². The number of hydrogen-bond donors (Lipinski definition) is 2. The van der Waals surface area contributed by atoms with Gasteiger partial charge in [-0.25, -0.2) is 9.37 Å². The number of hydrogen-bond acceptors (Lipinski definition) is 5. The van der Waals surface area contributed by atoms with Crippen LogP contribution in [0, 0.1) is 11.7 Å². The molecular formula is C19H18BrFN4OS. The summed E-state index contributed by atoms with van der Waals surface area (Å²) in [6.45, 7) is 0. The average Bonchev–Trinajstić information content (AvgIpc) is 3.07. The Morgan fingerprint density at radius 1 is 1.41 bits per heavy atom. The summed E-state index contributed by atoms with van der Waals surface area (Å²) in [7, 11) is 0. The molecule has 2 heterocycles. The highest BCUT2D eigenvalue weighted by atomic mass is 79.9. The number of carbonyl (C=O) groups excluding carboxylic acids is 1. The van der Waals surface area contributed by atoms with E-state index in [0.717, 1.165) is 25.0 Å². The Morgan fingerprint density at radius 2 is 2.26 bits per heavy atom. The van der Waals surface area contributed by atoms with Gasteiger partial charge in [0.15, 0.2) is 5.17 Å². The van der Waals surface area contributed by atoms with Gasteiger partial charge in [-0.15, -0.1) is 0 Å². The van der Waals surface area contributed by atoms with Crippen LogP contribution < -0.4 is 11.1 Å². The van der Waals surface area contributed by atoms with Gasteiger partial charge in [0.1, 0.15) is 11.5 Å². The van der Waals surface area contributed by atoms with E-state index in [2.05, 4.69) is 31.2 Å². The van der Waals surface area contributed by atoms with Gasteiger partial charge in [-0.2, -0.15) is 0 Å². The highest BCUT2D eigenvalue weighted by Crippen LogP contribution is 2.51. The van der Waals surface area contributed by atoms with Crippen molar-refractivity contribution in [2.75, 3.05) is 11.1 Å². The van der Waals surface area contributed by atoms with Crippen molar-refractivity contribution >= 4 is 44.5 Å². The molecule has 1 aliphatic carbocycles. The Balaban J connectivity index is 1.69. The van der Waals surface area contributed by atoms with Crippen LogP contribution in [-0.4, -0.2) is 21.8 Å². The third kappa shape index (κ3) is 3.36. The quantitative estimate of drug-likeness (QED) is 0.733. The lowest BCUT2D eigenvalue weighted by atomic mass is 9.81. The third-order valence-electron chi connectivity index (χ3n) is 5.19. The Labute approximate surface area is 169 Å². The summed E-state index contributed by atoms with van der Waals surface area (Å²) in [5.41, 5.74) is 6.64. The van der Waals surface area contributed by atoms with E-state index in [1.807, 2.05) is 0 Å². The summed E-state index contributed by atoms with van der Waals surface area (Å²) >= 11 is 4.85. The minimum atomic E-state index is -0.633. The van der Waals surface area contributed by atoms with Gasteiger partial charge in [-0.1, -0.05) is 18.2 Å². The summed E-state index contributed by atoms with van der Waals surface area (Å²) in [6.07, 6.45) is 4.30. The molecule has 2 atom stereocenters. The van der Waals surface area contributed by atoms with Crippen LogP contribution in [0.25, 0.3) is 0 Å². The van der Waals surface area contributed by atoms with Crippen molar-refractivity contribution in [3.05, 3.63) is 58.1 Å². The number of aromatic nitrogens is 1. The average molecular weight is 449 g/mol. The fraction of sp³-hybridized carbons (Fsp3) is 0.316. The highest BCUT2D eigenvalue weighted by Gasteiger charge is 2.48. The molecule has 0 bridgehead atoms. The first-order valence-electron chi connectivity index (χ1n) is 8.69. The first kappa shape index (κ1) is 18.4. The monoisotopic (exact) mass is 448 g/mol. The minimum Gasteiger partial charge on any atom is -0.379 e. The molecule has 27 heavy (non-hydrogen) atoms. The number of pyridine rings is 1. The molecule has 1 saturated carbocycles. The number of nitrogens with zero attached hydrogens (tertiary/aromatic N) is 2. The number of fused-ring (bicyclic) bond motifs is 1. The number of carbonyl (C=O) groups is 1. The zero-order valence-electron chi connectivity index (χ0n) is 14.4. The summed E-state index contributed by atoms with van der Waals surface area (Å²) < 4.78 is 15.4. The van der Waals surface area contributed by atoms with E-state index >= 15 is 0 Å². The molecule has 2 aromatic rings. The number of rotatable bonds is 3. The lowest BCUT2D eigenvalue weighted by Crippen LogP contribution is -2.37. The molecule has 1 aromatic carbocycles. The second kappa shape index (κ2) is 7.24. The minimum absolute atomic E-state index is 0.250. The smallest absolute Gasteiger partial charge is 0.275 e. The molecule has 3 N–H and O–H groups in total. The maximum atomic E-state index is 14.8. The molecule has 1 aliphatic heterocycles. The van der Waals surface area contributed by atoms with E-state index in [0.29, 0.717) is 20.9 Å². The van der Waals surface area contributed by atoms with Crippen LogP contribution in [0.3, 0.4) is 0 Å². The van der Waals surface area contributed by atoms with E-state index in [4.69, 9.17) is 5.73 Å². The number of nitrogens with two attached hydrogens (primary N) is 1. The van der Waals surface area contributed by atoms with Crippen LogP contribution in [0.5, 0.6) is 0 Å². The maximum absolute atomic E-state index is 14.8. The molecule has 0 radical (unpaired) electrons. The summed E-state index contributed by atoms with van der Waals surface area (Å²) in [6, 6.07) is 8.11. The van der Waals surface area contributed by atoms with E-state index in [1.165, 1.54) is 17.8 Å². The topological polar surface area (TPSA) is 80.4 Å². The van der Waals surface area contributed by atoms with Gasteiger partial charge in [0.25, 0.3) is 5.91 Å². The molecule has 8 heteroatoms. The molecule has 1 amide bonds.